The van der Waals surface area contributed by atoms with Crippen molar-refractivity contribution in [3.8, 4) is 0 Å². The fraction of sp³-hybridized carbons (Fsp3) is 0.429. The van der Waals surface area contributed by atoms with Gasteiger partial charge in [-0.15, -0.1) is 0 Å². The number of hydrogen-bond acceptors (Lipinski definition) is 4. The Morgan fingerprint density at radius 1 is 1.11 bits per heavy atom. The fourth-order valence-corrected chi connectivity index (χ4v) is 2.74. The fourth-order valence-electron chi connectivity index (χ4n) is 2.74. The Balaban J connectivity index is 2.01. The van der Waals surface area contributed by atoms with Gasteiger partial charge in [0, 0.05) is 43.6 Å². The number of fused-ring (bicyclic) bond motifs is 1. The van der Waals surface area contributed by atoms with Crippen LogP contribution in [-0.2, 0) is 0 Å². The molecule has 3 rings (SSSR count). The van der Waals surface area contributed by atoms with Crippen molar-refractivity contribution >= 4 is 16.7 Å². The van der Waals surface area contributed by atoms with Gasteiger partial charge in [-0.2, -0.15) is 0 Å². The van der Waals surface area contributed by atoms with Crippen molar-refractivity contribution in [3.05, 3.63) is 30.3 Å². The Hall–Kier alpha value is -1.75. The van der Waals surface area contributed by atoms with Crippen LogP contribution in [0.4, 0.5) is 10.1 Å². The lowest BCUT2D eigenvalue weighted by atomic mass is 10.1. The molecule has 0 amide bonds. The summed E-state index contributed by atoms with van der Waals surface area (Å²) in [6.45, 7) is 5.82. The lowest BCUT2D eigenvalue weighted by Crippen LogP contribution is -2.54. The zero-order chi connectivity index (χ0) is 13.4. The van der Waals surface area contributed by atoms with Gasteiger partial charge in [-0.3, -0.25) is 9.97 Å². The number of rotatable bonds is 1. The van der Waals surface area contributed by atoms with Crippen LogP contribution in [0, 0.1) is 5.82 Å². The molecule has 1 aliphatic heterocycles. The SMILES string of the molecule is CC1CN(c2cc3nccnc3cc2F)CC(C)N1. The van der Waals surface area contributed by atoms with Crippen LogP contribution in [0.25, 0.3) is 11.0 Å². The van der Waals surface area contributed by atoms with E-state index in [-0.39, 0.29) is 5.82 Å². The number of aromatic nitrogens is 2. The molecule has 1 N–H and O–H groups in total. The Morgan fingerprint density at radius 3 is 2.32 bits per heavy atom. The normalized spacial score (nSPS) is 23.8. The molecule has 0 spiro atoms. The van der Waals surface area contributed by atoms with Gasteiger partial charge in [0.25, 0.3) is 0 Å². The first kappa shape index (κ1) is 12.3. The topological polar surface area (TPSA) is 41.1 Å². The summed E-state index contributed by atoms with van der Waals surface area (Å²) in [6, 6.07) is 3.96. The van der Waals surface area contributed by atoms with E-state index in [0.29, 0.717) is 23.3 Å². The first-order valence-electron chi connectivity index (χ1n) is 6.55. The van der Waals surface area contributed by atoms with Gasteiger partial charge in [-0.25, -0.2) is 4.39 Å². The van der Waals surface area contributed by atoms with Gasteiger partial charge in [0.15, 0.2) is 0 Å². The smallest absolute Gasteiger partial charge is 0.148 e. The predicted octanol–water partition coefficient (Wildman–Crippen LogP) is 1.96. The van der Waals surface area contributed by atoms with Gasteiger partial charge >= 0.3 is 0 Å². The second-order valence-electron chi connectivity index (χ2n) is 5.22. The van der Waals surface area contributed by atoms with Gasteiger partial charge in [0.2, 0.25) is 0 Å². The molecule has 2 heterocycles. The van der Waals surface area contributed by atoms with E-state index in [9.17, 15) is 4.39 Å². The molecule has 1 aromatic heterocycles. The minimum Gasteiger partial charge on any atom is -0.366 e. The predicted molar refractivity (Wildman–Crippen MR) is 73.8 cm³/mol. The molecule has 1 aliphatic rings. The highest BCUT2D eigenvalue weighted by Gasteiger charge is 2.23. The molecule has 0 bridgehead atoms. The summed E-state index contributed by atoms with van der Waals surface area (Å²) in [5.74, 6) is -0.227. The summed E-state index contributed by atoms with van der Waals surface area (Å²) in [5, 5.41) is 3.44. The first-order chi connectivity index (χ1) is 9.13. The molecule has 2 aromatic rings. The van der Waals surface area contributed by atoms with E-state index >= 15 is 0 Å². The first-order valence-corrected chi connectivity index (χ1v) is 6.55. The van der Waals surface area contributed by atoms with Crippen molar-refractivity contribution in [1.82, 2.24) is 15.3 Å². The number of anilines is 1. The van der Waals surface area contributed by atoms with Crippen molar-refractivity contribution in [1.29, 1.82) is 0 Å². The molecule has 1 saturated heterocycles. The highest BCUT2D eigenvalue weighted by molar-refractivity contribution is 5.79. The van der Waals surface area contributed by atoms with Gasteiger partial charge in [0.05, 0.1) is 16.7 Å². The van der Waals surface area contributed by atoms with E-state index < -0.39 is 0 Å². The third-order valence-electron chi connectivity index (χ3n) is 3.44. The summed E-state index contributed by atoms with van der Waals surface area (Å²) in [6.07, 6.45) is 3.21. The third-order valence-corrected chi connectivity index (χ3v) is 3.44. The second-order valence-corrected chi connectivity index (χ2v) is 5.22. The van der Waals surface area contributed by atoms with Crippen LogP contribution >= 0.6 is 0 Å². The molecular weight excluding hydrogens is 243 g/mol. The standard InChI is InChI=1S/C14H17FN4/c1-9-7-19(8-10(2)18-9)14-6-13-12(5-11(14)15)16-3-4-17-13/h3-6,9-10,18H,7-8H2,1-2H3. The Morgan fingerprint density at radius 2 is 1.68 bits per heavy atom. The van der Waals surface area contributed by atoms with Crippen LogP contribution in [0.15, 0.2) is 24.5 Å². The molecule has 2 atom stereocenters. The quantitative estimate of drug-likeness (QED) is 0.851. The molecule has 5 heteroatoms. The van der Waals surface area contributed by atoms with Crippen molar-refractivity contribution in [2.24, 2.45) is 0 Å². The van der Waals surface area contributed by atoms with E-state index in [0.717, 1.165) is 18.6 Å². The molecule has 0 saturated carbocycles. The summed E-state index contributed by atoms with van der Waals surface area (Å²) >= 11 is 0. The number of benzene rings is 1. The van der Waals surface area contributed by atoms with E-state index in [4.69, 9.17) is 0 Å². The average molecular weight is 260 g/mol. The van der Waals surface area contributed by atoms with Crippen LogP contribution in [-0.4, -0.2) is 35.1 Å². The maximum atomic E-state index is 14.2. The Bertz CT molecular complexity index is 591. The number of halogens is 1. The third kappa shape index (κ3) is 2.38. The maximum absolute atomic E-state index is 14.2. The largest absolute Gasteiger partial charge is 0.366 e. The number of nitrogens with one attached hydrogen (secondary N) is 1. The molecule has 4 nitrogen and oxygen atoms in total. The van der Waals surface area contributed by atoms with Crippen LogP contribution in [0.2, 0.25) is 0 Å². The van der Waals surface area contributed by atoms with Gasteiger partial charge in [-0.1, -0.05) is 0 Å². The molecule has 2 unspecified atom stereocenters. The minimum atomic E-state index is -0.227. The average Bonchev–Trinajstić information content (AvgIpc) is 2.36. The monoisotopic (exact) mass is 260 g/mol. The van der Waals surface area contributed by atoms with Crippen LogP contribution in [0.5, 0.6) is 0 Å². The van der Waals surface area contributed by atoms with Crippen LogP contribution in [0.3, 0.4) is 0 Å². The summed E-state index contributed by atoms with van der Waals surface area (Å²) in [4.78, 5) is 10.4. The molecule has 0 aliphatic carbocycles. The lowest BCUT2D eigenvalue weighted by Gasteiger charge is -2.37. The highest BCUT2D eigenvalue weighted by Crippen LogP contribution is 2.25. The summed E-state index contributed by atoms with van der Waals surface area (Å²) in [7, 11) is 0. The number of hydrogen-bond donors (Lipinski definition) is 1. The van der Waals surface area contributed by atoms with E-state index in [1.54, 1.807) is 18.5 Å². The Labute approximate surface area is 111 Å². The zero-order valence-electron chi connectivity index (χ0n) is 11.1. The Kier molecular flexibility index (Phi) is 3.06. The molecule has 1 aromatic carbocycles. The van der Waals surface area contributed by atoms with Crippen molar-refractivity contribution in [2.45, 2.75) is 25.9 Å². The van der Waals surface area contributed by atoms with E-state index in [2.05, 4.69) is 34.0 Å². The molecule has 19 heavy (non-hydrogen) atoms. The summed E-state index contributed by atoms with van der Waals surface area (Å²) in [5.41, 5.74) is 1.95. The van der Waals surface area contributed by atoms with Crippen molar-refractivity contribution < 1.29 is 4.39 Å². The van der Waals surface area contributed by atoms with Gasteiger partial charge < -0.3 is 10.2 Å². The summed E-state index contributed by atoms with van der Waals surface area (Å²) < 4.78 is 14.2. The lowest BCUT2D eigenvalue weighted by molar-refractivity contribution is 0.404. The number of piperazine rings is 1. The van der Waals surface area contributed by atoms with Crippen molar-refractivity contribution in [2.75, 3.05) is 18.0 Å². The second kappa shape index (κ2) is 4.74. The van der Waals surface area contributed by atoms with Crippen LogP contribution < -0.4 is 10.2 Å². The van der Waals surface area contributed by atoms with Crippen LogP contribution in [0.1, 0.15) is 13.8 Å². The van der Waals surface area contributed by atoms with Crippen molar-refractivity contribution in [3.63, 3.8) is 0 Å². The maximum Gasteiger partial charge on any atom is 0.148 e. The molecule has 0 radical (unpaired) electrons. The van der Waals surface area contributed by atoms with Gasteiger partial charge in [0.1, 0.15) is 5.82 Å². The van der Waals surface area contributed by atoms with E-state index in [1.165, 1.54) is 6.07 Å². The minimum absolute atomic E-state index is 0.227. The molecular formula is C14H17FN4. The highest BCUT2D eigenvalue weighted by atomic mass is 19.1. The van der Waals surface area contributed by atoms with E-state index in [1.807, 2.05) is 0 Å². The number of nitrogens with zero attached hydrogens (tertiary/aromatic N) is 3. The molecule has 1 fully saturated rings. The molecule has 100 valence electrons. The zero-order valence-corrected chi connectivity index (χ0v) is 11.1. The van der Waals surface area contributed by atoms with Gasteiger partial charge in [-0.05, 0) is 19.9 Å².